The number of benzene rings is 1. The van der Waals surface area contributed by atoms with E-state index >= 15 is 0 Å². The van der Waals surface area contributed by atoms with Gasteiger partial charge in [0, 0.05) is 41.9 Å². The van der Waals surface area contributed by atoms with Crippen molar-refractivity contribution in [2.24, 2.45) is 0 Å². The predicted octanol–water partition coefficient (Wildman–Crippen LogP) is 5.40. The molecule has 0 aliphatic carbocycles. The smallest absolute Gasteiger partial charge is 0.260 e. The first-order valence-electron chi connectivity index (χ1n) is 10.6. The number of hydrogen-bond acceptors (Lipinski definition) is 3. The Kier molecular flexibility index (Phi) is 5.67. The van der Waals surface area contributed by atoms with Crippen LogP contribution in [0.1, 0.15) is 30.7 Å². The fraction of sp³-hybridized carbons (Fsp3) is 0.192. The molecule has 4 aromatic heterocycles. The van der Waals surface area contributed by atoms with Crippen LogP contribution in [0.2, 0.25) is 0 Å². The second kappa shape index (κ2) is 8.56. The highest BCUT2D eigenvalue weighted by molar-refractivity contribution is 5.97. The Morgan fingerprint density at radius 1 is 0.903 bits per heavy atom. The van der Waals surface area contributed by atoms with Crippen LogP contribution in [0.3, 0.4) is 0 Å². The third-order valence-electron chi connectivity index (χ3n) is 5.25. The van der Waals surface area contributed by atoms with Crippen LogP contribution in [-0.4, -0.2) is 18.9 Å². The molecule has 5 aromatic rings. The van der Waals surface area contributed by atoms with Crippen molar-refractivity contribution in [1.82, 2.24) is 18.9 Å². The van der Waals surface area contributed by atoms with Crippen LogP contribution in [0.25, 0.3) is 27.5 Å². The van der Waals surface area contributed by atoms with Gasteiger partial charge < -0.3 is 8.97 Å². The first-order valence-corrected chi connectivity index (χ1v) is 10.6. The number of aromatic nitrogens is 4. The molecule has 0 fully saturated rings. The third-order valence-corrected chi connectivity index (χ3v) is 5.25. The molecule has 5 heteroatoms. The van der Waals surface area contributed by atoms with E-state index in [2.05, 4.69) is 9.97 Å². The lowest BCUT2D eigenvalue weighted by Crippen LogP contribution is -2.21. The average molecular weight is 411 g/mol. The van der Waals surface area contributed by atoms with Gasteiger partial charge in [-0.1, -0.05) is 50.2 Å². The third kappa shape index (κ3) is 3.87. The highest BCUT2D eigenvalue weighted by atomic mass is 16.1. The minimum atomic E-state index is -0.0517. The summed E-state index contributed by atoms with van der Waals surface area (Å²) >= 11 is 0. The molecule has 1 aromatic carbocycles. The van der Waals surface area contributed by atoms with Gasteiger partial charge in [-0.15, -0.1) is 0 Å². The predicted molar refractivity (Wildman–Crippen MR) is 127 cm³/mol. The van der Waals surface area contributed by atoms with Crippen LogP contribution >= 0.6 is 0 Å². The lowest BCUT2D eigenvalue weighted by atomic mass is 9.99. The van der Waals surface area contributed by atoms with Crippen molar-refractivity contribution < 1.29 is 0 Å². The largest absolute Gasteiger partial charge is 0.309 e. The maximum absolute atomic E-state index is 13.2. The number of nitrogens with zero attached hydrogens (tertiary/aromatic N) is 4. The summed E-state index contributed by atoms with van der Waals surface area (Å²) in [6.07, 6.45) is 9.44. The zero-order valence-corrected chi connectivity index (χ0v) is 18.3. The van der Waals surface area contributed by atoms with Crippen molar-refractivity contribution in [3.05, 3.63) is 101 Å². The van der Waals surface area contributed by atoms with Crippen LogP contribution in [0.5, 0.6) is 0 Å². The summed E-state index contributed by atoms with van der Waals surface area (Å²) in [5.74, 6) is 0. The van der Waals surface area contributed by atoms with E-state index in [1.54, 1.807) is 10.8 Å². The molecule has 5 rings (SSSR count). The molecule has 0 N–H and O–H groups in total. The summed E-state index contributed by atoms with van der Waals surface area (Å²) < 4.78 is 3.72. The number of rotatable bonds is 3. The van der Waals surface area contributed by atoms with Gasteiger partial charge in [-0.2, -0.15) is 0 Å². The standard InChI is InChI=1S/C24H20N4O.C2H6/c1-16-8-9-22-26-19(14-27(22)12-16)15-28-13-17(2)23-20(18-6-4-3-5-7-18)10-25-11-21(23)24(28)29;1-2/h3-14H,15H2,1-2H3;1-2H3. The number of pyridine rings is 3. The fourth-order valence-corrected chi connectivity index (χ4v) is 3.92. The minimum Gasteiger partial charge on any atom is -0.309 e. The molecule has 4 heterocycles. The molecule has 5 nitrogen and oxygen atoms in total. The van der Waals surface area contributed by atoms with Gasteiger partial charge in [0.25, 0.3) is 5.56 Å². The SMILES string of the molecule is CC.Cc1ccc2nc(Cn3cc(C)c4c(-c5ccccc5)cncc4c3=O)cn2c1. The minimum absolute atomic E-state index is 0.0517. The fourth-order valence-electron chi connectivity index (χ4n) is 3.92. The molecular weight excluding hydrogens is 384 g/mol. The van der Waals surface area contributed by atoms with Crippen molar-refractivity contribution in [2.75, 3.05) is 0 Å². The topological polar surface area (TPSA) is 52.2 Å². The Morgan fingerprint density at radius 3 is 2.45 bits per heavy atom. The Hall–Kier alpha value is -3.73. The van der Waals surface area contributed by atoms with Crippen LogP contribution in [0.15, 0.2) is 78.2 Å². The van der Waals surface area contributed by atoms with E-state index in [1.165, 1.54) is 5.56 Å². The van der Waals surface area contributed by atoms with E-state index in [9.17, 15) is 4.79 Å². The van der Waals surface area contributed by atoms with E-state index in [-0.39, 0.29) is 5.56 Å². The highest BCUT2D eigenvalue weighted by Gasteiger charge is 2.13. The number of hydrogen-bond donors (Lipinski definition) is 0. The van der Waals surface area contributed by atoms with Gasteiger partial charge in [0.2, 0.25) is 0 Å². The number of aryl methyl sites for hydroxylation is 2. The lowest BCUT2D eigenvalue weighted by molar-refractivity contribution is 0.748. The summed E-state index contributed by atoms with van der Waals surface area (Å²) in [7, 11) is 0. The van der Waals surface area contributed by atoms with Crippen LogP contribution in [0.4, 0.5) is 0 Å². The Bertz CT molecular complexity index is 1410. The number of fused-ring (bicyclic) bond motifs is 2. The monoisotopic (exact) mass is 410 g/mol. The van der Waals surface area contributed by atoms with Gasteiger partial charge in [-0.05, 0) is 36.6 Å². The van der Waals surface area contributed by atoms with Crippen molar-refractivity contribution in [1.29, 1.82) is 0 Å². The molecule has 0 aliphatic rings. The zero-order valence-electron chi connectivity index (χ0n) is 18.3. The molecule has 0 saturated carbocycles. The van der Waals surface area contributed by atoms with E-state index < -0.39 is 0 Å². The summed E-state index contributed by atoms with van der Waals surface area (Å²) in [6, 6.07) is 14.1. The van der Waals surface area contributed by atoms with Crippen molar-refractivity contribution in [3.8, 4) is 11.1 Å². The molecule has 0 amide bonds. The van der Waals surface area contributed by atoms with Gasteiger partial charge in [0.05, 0.1) is 17.6 Å². The van der Waals surface area contributed by atoms with E-state index in [0.29, 0.717) is 11.9 Å². The maximum atomic E-state index is 13.2. The molecule has 0 bridgehead atoms. The molecular formula is C26H26N4O. The molecule has 0 aliphatic heterocycles. The van der Waals surface area contributed by atoms with Crippen LogP contribution in [0, 0.1) is 13.8 Å². The second-order valence-corrected chi connectivity index (χ2v) is 7.42. The highest BCUT2D eigenvalue weighted by Crippen LogP contribution is 2.28. The Morgan fingerprint density at radius 2 is 1.68 bits per heavy atom. The van der Waals surface area contributed by atoms with Crippen LogP contribution in [-0.2, 0) is 6.54 Å². The number of imidazole rings is 1. The van der Waals surface area contributed by atoms with E-state index in [4.69, 9.17) is 0 Å². The van der Waals surface area contributed by atoms with Gasteiger partial charge in [0.15, 0.2) is 0 Å². The molecule has 0 spiro atoms. The normalized spacial score (nSPS) is 10.8. The summed E-state index contributed by atoms with van der Waals surface area (Å²) in [5, 5.41) is 1.59. The van der Waals surface area contributed by atoms with Gasteiger partial charge in [-0.3, -0.25) is 9.78 Å². The first kappa shape index (κ1) is 20.5. The molecule has 31 heavy (non-hydrogen) atoms. The summed E-state index contributed by atoms with van der Waals surface area (Å²) in [4.78, 5) is 22.2. The Labute approximate surface area is 181 Å². The Balaban J connectivity index is 0.00000112. The summed E-state index contributed by atoms with van der Waals surface area (Å²) in [6.45, 7) is 8.51. The molecule has 0 radical (unpaired) electrons. The van der Waals surface area contributed by atoms with Crippen LogP contribution < -0.4 is 5.56 Å². The van der Waals surface area contributed by atoms with E-state index in [1.807, 2.05) is 99.3 Å². The van der Waals surface area contributed by atoms with E-state index in [0.717, 1.165) is 33.4 Å². The van der Waals surface area contributed by atoms with Gasteiger partial charge in [0.1, 0.15) is 5.65 Å². The van der Waals surface area contributed by atoms with Crippen molar-refractivity contribution in [2.45, 2.75) is 34.2 Å². The maximum Gasteiger partial charge on any atom is 0.260 e. The van der Waals surface area contributed by atoms with Crippen molar-refractivity contribution in [3.63, 3.8) is 0 Å². The lowest BCUT2D eigenvalue weighted by Gasteiger charge is -2.12. The molecule has 0 atom stereocenters. The van der Waals surface area contributed by atoms with Gasteiger partial charge >= 0.3 is 0 Å². The zero-order chi connectivity index (χ0) is 22.0. The second-order valence-electron chi connectivity index (χ2n) is 7.42. The van der Waals surface area contributed by atoms with Gasteiger partial charge in [-0.25, -0.2) is 4.98 Å². The van der Waals surface area contributed by atoms with Crippen molar-refractivity contribution >= 4 is 16.4 Å². The quantitative estimate of drug-likeness (QED) is 0.400. The molecule has 0 unspecified atom stereocenters. The average Bonchev–Trinajstić information content (AvgIpc) is 3.20. The molecule has 0 saturated heterocycles. The first-order chi connectivity index (χ1) is 15.1. The molecule has 156 valence electrons. The summed E-state index contributed by atoms with van der Waals surface area (Å²) in [5.41, 5.74) is 5.92.